The van der Waals surface area contributed by atoms with Gasteiger partial charge in [-0.05, 0) is 31.0 Å². The van der Waals surface area contributed by atoms with E-state index >= 15 is 0 Å². The summed E-state index contributed by atoms with van der Waals surface area (Å²) in [6.45, 7) is 8.23. The van der Waals surface area contributed by atoms with E-state index < -0.39 is 0 Å². The molecular weight excluding hydrogens is 250 g/mol. The number of benzene rings is 1. The largest absolute Gasteiger partial charge is 0.487 e. The second-order valence-corrected chi connectivity index (χ2v) is 5.35. The maximum Gasteiger partial charge on any atom is 0.128 e. The molecule has 0 spiro atoms. The van der Waals surface area contributed by atoms with E-state index in [2.05, 4.69) is 44.3 Å². The highest BCUT2D eigenvalue weighted by molar-refractivity contribution is 5.33. The van der Waals surface area contributed by atoms with Gasteiger partial charge in [0.1, 0.15) is 18.0 Å². The van der Waals surface area contributed by atoms with Crippen LogP contribution >= 0.6 is 0 Å². The molecule has 0 aromatic heterocycles. The number of aryl methyl sites for hydroxylation is 1. The molecule has 1 aromatic rings. The summed E-state index contributed by atoms with van der Waals surface area (Å²) in [7, 11) is 0. The Morgan fingerprint density at radius 2 is 2.00 bits per heavy atom. The third-order valence-electron chi connectivity index (χ3n) is 3.86. The number of para-hydroxylation sites is 1. The van der Waals surface area contributed by atoms with Crippen molar-refractivity contribution < 1.29 is 9.47 Å². The van der Waals surface area contributed by atoms with E-state index in [4.69, 9.17) is 9.47 Å². The summed E-state index contributed by atoms with van der Waals surface area (Å²) < 4.78 is 12.2. The van der Waals surface area contributed by atoms with E-state index in [-0.39, 0.29) is 12.2 Å². The number of hydrogen-bond acceptors (Lipinski definition) is 3. The zero-order valence-corrected chi connectivity index (χ0v) is 12.9. The van der Waals surface area contributed by atoms with Crippen LogP contribution in [0.3, 0.4) is 0 Å². The van der Waals surface area contributed by atoms with Crippen LogP contribution in [0, 0.1) is 0 Å². The van der Waals surface area contributed by atoms with Crippen LogP contribution in [0.25, 0.3) is 0 Å². The van der Waals surface area contributed by atoms with Crippen molar-refractivity contribution in [1.82, 2.24) is 5.32 Å². The third-order valence-corrected chi connectivity index (χ3v) is 3.86. The maximum absolute atomic E-state index is 6.19. The van der Waals surface area contributed by atoms with Crippen LogP contribution in [-0.2, 0) is 11.2 Å². The Morgan fingerprint density at radius 1 is 1.20 bits per heavy atom. The van der Waals surface area contributed by atoms with Crippen molar-refractivity contribution in [2.45, 2.75) is 58.3 Å². The minimum absolute atomic E-state index is 0.179. The minimum atomic E-state index is 0.179. The molecule has 1 aromatic carbocycles. The van der Waals surface area contributed by atoms with E-state index in [0.29, 0.717) is 6.04 Å². The van der Waals surface area contributed by atoms with Crippen molar-refractivity contribution >= 4 is 0 Å². The lowest BCUT2D eigenvalue weighted by molar-refractivity contribution is -0.107. The first-order valence-electron chi connectivity index (χ1n) is 7.89. The lowest BCUT2D eigenvalue weighted by Crippen LogP contribution is -2.61. The van der Waals surface area contributed by atoms with Crippen molar-refractivity contribution in [3.8, 4) is 5.75 Å². The van der Waals surface area contributed by atoms with Gasteiger partial charge < -0.3 is 14.8 Å². The van der Waals surface area contributed by atoms with Gasteiger partial charge in [-0.25, -0.2) is 0 Å². The summed E-state index contributed by atoms with van der Waals surface area (Å²) in [6.07, 6.45) is 3.44. The fraction of sp³-hybridized carbons (Fsp3) is 0.647. The first-order chi connectivity index (χ1) is 9.80. The quantitative estimate of drug-likeness (QED) is 0.791. The zero-order chi connectivity index (χ0) is 14.4. The molecule has 0 radical (unpaired) electrons. The van der Waals surface area contributed by atoms with Gasteiger partial charge in [-0.15, -0.1) is 0 Å². The van der Waals surface area contributed by atoms with Gasteiger partial charge in [0.15, 0.2) is 0 Å². The summed E-state index contributed by atoms with van der Waals surface area (Å²) >= 11 is 0. The highest BCUT2D eigenvalue weighted by Crippen LogP contribution is 2.31. The Kier molecular flexibility index (Phi) is 5.86. The van der Waals surface area contributed by atoms with Crippen molar-refractivity contribution in [1.29, 1.82) is 0 Å². The maximum atomic E-state index is 6.19. The number of likely N-dealkylation sites (N-methyl/N-ethyl adjacent to an activating group) is 1. The second kappa shape index (κ2) is 7.65. The molecule has 0 bridgehead atoms. The Hall–Kier alpha value is -1.06. The number of rotatable bonds is 8. The van der Waals surface area contributed by atoms with Crippen LogP contribution in [0.15, 0.2) is 24.3 Å². The van der Waals surface area contributed by atoms with E-state index in [0.717, 1.165) is 38.2 Å². The first-order valence-corrected chi connectivity index (χ1v) is 7.89. The van der Waals surface area contributed by atoms with Gasteiger partial charge in [0.25, 0.3) is 0 Å². The van der Waals surface area contributed by atoms with Crippen LogP contribution in [0.5, 0.6) is 5.75 Å². The monoisotopic (exact) mass is 277 g/mol. The molecule has 1 aliphatic rings. The molecule has 0 saturated heterocycles. The number of ether oxygens (including phenoxy) is 2. The van der Waals surface area contributed by atoms with E-state index in [1.165, 1.54) is 5.56 Å². The highest BCUT2D eigenvalue weighted by Gasteiger charge is 2.43. The van der Waals surface area contributed by atoms with Crippen molar-refractivity contribution in [3.63, 3.8) is 0 Å². The molecule has 20 heavy (non-hydrogen) atoms. The topological polar surface area (TPSA) is 30.5 Å². The average molecular weight is 277 g/mol. The molecule has 0 amide bonds. The predicted octanol–water partition coefficient (Wildman–Crippen LogP) is 3.17. The van der Waals surface area contributed by atoms with Gasteiger partial charge in [-0.3, -0.25) is 0 Å². The van der Waals surface area contributed by atoms with Crippen molar-refractivity contribution in [3.05, 3.63) is 29.8 Å². The van der Waals surface area contributed by atoms with Gasteiger partial charge in [-0.1, -0.05) is 39.0 Å². The lowest BCUT2D eigenvalue weighted by atomic mass is 9.85. The first kappa shape index (κ1) is 15.3. The van der Waals surface area contributed by atoms with E-state index in [1.54, 1.807) is 0 Å². The number of nitrogens with one attached hydrogen (secondary N) is 1. The molecule has 112 valence electrons. The summed E-state index contributed by atoms with van der Waals surface area (Å²) in [6, 6.07) is 8.74. The standard InChI is InChI=1S/C17H27NO2/c1-4-11-19-17-14(18-6-3)12-16(17)20-15-10-8-7-9-13(15)5-2/h7-10,14,16-18H,4-6,11-12H2,1-3H3. The SMILES string of the molecule is CCCOC1C(NCC)CC1Oc1ccccc1CC. The van der Waals surface area contributed by atoms with E-state index in [9.17, 15) is 0 Å². The van der Waals surface area contributed by atoms with Gasteiger partial charge in [-0.2, -0.15) is 0 Å². The van der Waals surface area contributed by atoms with E-state index in [1.807, 2.05) is 6.07 Å². The fourth-order valence-electron chi connectivity index (χ4n) is 2.71. The molecule has 0 heterocycles. The Balaban J connectivity index is 1.97. The van der Waals surface area contributed by atoms with Crippen molar-refractivity contribution in [2.75, 3.05) is 13.2 Å². The van der Waals surface area contributed by atoms with Gasteiger partial charge in [0.05, 0.1) is 0 Å². The third kappa shape index (κ3) is 3.53. The van der Waals surface area contributed by atoms with Crippen LogP contribution in [0.1, 0.15) is 39.2 Å². The molecule has 1 fully saturated rings. The van der Waals surface area contributed by atoms with Crippen LogP contribution in [0.2, 0.25) is 0 Å². The number of hydrogen-bond donors (Lipinski definition) is 1. The Morgan fingerprint density at radius 3 is 2.70 bits per heavy atom. The van der Waals surface area contributed by atoms with Gasteiger partial charge >= 0.3 is 0 Å². The summed E-state index contributed by atoms with van der Waals surface area (Å²) in [4.78, 5) is 0. The van der Waals surface area contributed by atoms with Crippen molar-refractivity contribution in [2.24, 2.45) is 0 Å². The molecule has 1 aliphatic carbocycles. The molecular formula is C17H27NO2. The predicted molar refractivity (Wildman–Crippen MR) is 82.3 cm³/mol. The minimum Gasteiger partial charge on any atom is -0.487 e. The molecule has 0 aliphatic heterocycles. The van der Waals surface area contributed by atoms with Crippen LogP contribution in [-0.4, -0.2) is 31.4 Å². The van der Waals surface area contributed by atoms with Gasteiger partial charge in [0, 0.05) is 19.1 Å². The molecule has 3 atom stereocenters. The lowest BCUT2D eigenvalue weighted by Gasteiger charge is -2.44. The fourth-order valence-corrected chi connectivity index (χ4v) is 2.71. The molecule has 3 heteroatoms. The zero-order valence-electron chi connectivity index (χ0n) is 12.9. The molecule has 3 nitrogen and oxygen atoms in total. The Bertz CT molecular complexity index is 408. The van der Waals surface area contributed by atoms with Gasteiger partial charge in [0.2, 0.25) is 0 Å². The second-order valence-electron chi connectivity index (χ2n) is 5.35. The smallest absolute Gasteiger partial charge is 0.128 e. The molecule has 1 N–H and O–H groups in total. The summed E-state index contributed by atoms with van der Waals surface area (Å²) in [5.74, 6) is 1.01. The summed E-state index contributed by atoms with van der Waals surface area (Å²) in [5.41, 5.74) is 1.27. The molecule has 1 saturated carbocycles. The normalized spacial score (nSPS) is 25.2. The van der Waals surface area contributed by atoms with Crippen LogP contribution in [0.4, 0.5) is 0 Å². The highest BCUT2D eigenvalue weighted by atomic mass is 16.5. The summed E-state index contributed by atoms with van der Waals surface area (Å²) in [5, 5.41) is 3.48. The molecule has 3 unspecified atom stereocenters. The molecule has 2 rings (SSSR count). The van der Waals surface area contributed by atoms with Crippen LogP contribution < -0.4 is 10.1 Å². The average Bonchev–Trinajstić information content (AvgIpc) is 2.47. The Labute approximate surface area is 122 Å².